The Morgan fingerprint density at radius 2 is 1.95 bits per heavy atom. The molecule has 1 amide bonds. The fourth-order valence-corrected chi connectivity index (χ4v) is 2.14. The first-order chi connectivity index (χ1) is 9.88. The van der Waals surface area contributed by atoms with E-state index in [0.717, 1.165) is 0 Å². The van der Waals surface area contributed by atoms with E-state index in [9.17, 15) is 14.0 Å². The summed E-state index contributed by atoms with van der Waals surface area (Å²) in [6.07, 6.45) is 0. The lowest BCUT2D eigenvalue weighted by molar-refractivity contribution is -0.116. The number of hydrogen-bond acceptors (Lipinski definition) is 3. The third-order valence-electron chi connectivity index (χ3n) is 2.96. The number of nitrogens with one attached hydrogen (secondary N) is 1. The van der Waals surface area contributed by atoms with E-state index in [4.69, 9.17) is 0 Å². The van der Waals surface area contributed by atoms with Gasteiger partial charge in [0.2, 0.25) is 5.91 Å². The van der Waals surface area contributed by atoms with Crippen LogP contribution in [0, 0.1) is 19.7 Å². The van der Waals surface area contributed by atoms with Crippen LogP contribution in [-0.2, 0) is 11.3 Å². The van der Waals surface area contributed by atoms with Gasteiger partial charge in [0.15, 0.2) is 0 Å². The topological polar surface area (TPSA) is 64.0 Å². The number of rotatable bonds is 3. The van der Waals surface area contributed by atoms with Crippen molar-refractivity contribution in [3.05, 3.63) is 56.4 Å². The number of benzene rings is 1. The third kappa shape index (κ3) is 3.55. The molecule has 7 heteroatoms. The molecule has 5 nitrogen and oxygen atoms in total. The van der Waals surface area contributed by atoms with E-state index in [1.807, 2.05) is 0 Å². The number of carbonyl (C=O) groups excluding carboxylic acids is 1. The molecule has 1 aromatic carbocycles. The van der Waals surface area contributed by atoms with E-state index in [1.165, 1.54) is 28.8 Å². The van der Waals surface area contributed by atoms with E-state index >= 15 is 0 Å². The number of aromatic nitrogens is 2. The second-order valence-electron chi connectivity index (χ2n) is 4.52. The van der Waals surface area contributed by atoms with Crippen molar-refractivity contribution in [2.75, 3.05) is 5.32 Å². The van der Waals surface area contributed by atoms with Gasteiger partial charge < -0.3 is 5.32 Å². The van der Waals surface area contributed by atoms with Gasteiger partial charge in [0.1, 0.15) is 12.4 Å². The number of nitrogens with zero attached hydrogens (tertiary/aromatic N) is 2. The van der Waals surface area contributed by atoms with Gasteiger partial charge in [0.25, 0.3) is 0 Å². The number of aryl methyl sites for hydroxylation is 1. The number of halogens is 2. The minimum atomic E-state index is -0.484. The van der Waals surface area contributed by atoms with Gasteiger partial charge in [-0.15, -0.1) is 0 Å². The summed E-state index contributed by atoms with van der Waals surface area (Å²) in [7, 11) is 0. The standard InChI is InChI=1S/C14H13BrFN3O2/c1-8-13(15)9(2)19(14(21)17-8)7-12(20)18-11-5-3-10(16)4-6-11/h3-6H,7H2,1-2H3,(H,18,20). The van der Waals surface area contributed by atoms with Crippen LogP contribution in [-0.4, -0.2) is 15.5 Å². The highest BCUT2D eigenvalue weighted by molar-refractivity contribution is 9.10. The largest absolute Gasteiger partial charge is 0.348 e. The molecular weight excluding hydrogens is 341 g/mol. The molecule has 0 spiro atoms. The quantitative estimate of drug-likeness (QED) is 0.921. The van der Waals surface area contributed by atoms with E-state index in [2.05, 4.69) is 26.2 Å². The molecule has 0 radical (unpaired) electrons. The van der Waals surface area contributed by atoms with Crippen molar-refractivity contribution in [1.82, 2.24) is 9.55 Å². The second-order valence-corrected chi connectivity index (χ2v) is 5.31. The Balaban J connectivity index is 2.19. The molecule has 0 aliphatic heterocycles. The van der Waals surface area contributed by atoms with Crippen molar-refractivity contribution in [1.29, 1.82) is 0 Å². The van der Waals surface area contributed by atoms with Gasteiger partial charge in [-0.25, -0.2) is 9.18 Å². The maximum atomic E-state index is 12.8. The molecule has 1 heterocycles. The summed E-state index contributed by atoms with van der Waals surface area (Å²) in [6, 6.07) is 5.40. The van der Waals surface area contributed by atoms with Crippen molar-refractivity contribution in [3.63, 3.8) is 0 Å². The molecule has 0 unspecified atom stereocenters. The zero-order valence-electron chi connectivity index (χ0n) is 11.5. The Labute approximate surface area is 129 Å². The first kappa shape index (κ1) is 15.4. The highest BCUT2D eigenvalue weighted by Gasteiger charge is 2.12. The van der Waals surface area contributed by atoms with Crippen LogP contribution < -0.4 is 11.0 Å². The first-order valence-electron chi connectivity index (χ1n) is 6.17. The highest BCUT2D eigenvalue weighted by atomic mass is 79.9. The lowest BCUT2D eigenvalue weighted by Crippen LogP contribution is -2.31. The summed E-state index contributed by atoms with van der Waals surface area (Å²) >= 11 is 3.33. The number of carbonyl (C=O) groups is 1. The van der Waals surface area contributed by atoms with Gasteiger partial charge in [-0.2, -0.15) is 4.98 Å². The van der Waals surface area contributed by atoms with Crippen LogP contribution >= 0.6 is 15.9 Å². The molecule has 0 atom stereocenters. The van der Waals surface area contributed by atoms with Crippen LogP contribution in [0.2, 0.25) is 0 Å². The van der Waals surface area contributed by atoms with Gasteiger partial charge in [-0.3, -0.25) is 9.36 Å². The molecule has 0 bridgehead atoms. The number of hydrogen-bond donors (Lipinski definition) is 1. The Morgan fingerprint density at radius 1 is 1.33 bits per heavy atom. The SMILES string of the molecule is Cc1nc(=O)n(CC(=O)Nc2ccc(F)cc2)c(C)c1Br. The van der Waals surface area contributed by atoms with Crippen molar-refractivity contribution >= 4 is 27.5 Å². The molecule has 1 aromatic heterocycles. The number of anilines is 1. The molecule has 0 aliphatic rings. The van der Waals surface area contributed by atoms with Crippen molar-refractivity contribution in [3.8, 4) is 0 Å². The summed E-state index contributed by atoms with van der Waals surface area (Å²) in [5.41, 5.74) is 1.18. The summed E-state index contributed by atoms with van der Waals surface area (Å²) in [4.78, 5) is 27.6. The van der Waals surface area contributed by atoms with E-state index in [1.54, 1.807) is 13.8 Å². The molecule has 0 saturated carbocycles. The number of amides is 1. The average Bonchev–Trinajstić information content (AvgIpc) is 2.44. The maximum absolute atomic E-state index is 12.8. The predicted octanol–water partition coefficient (Wildman–Crippen LogP) is 2.40. The minimum Gasteiger partial charge on any atom is -0.325 e. The first-order valence-corrected chi connectivity index (χ1v) is 6.96. The predicted molar refractivity (Wildman–Crippen MR) is 80.7 cm³/mol. The average molecular weight is 354 g/mol. The fraction of sp³-hybridized carbons (Fsp3) is 0.214. The van der Waals surface area contributed by atoms with E-state index in [-0.39, 0.29) is 18.3 Å². The van der Waals surface area contributed by atoms with Crippen LogP contribution in [0.1, 0.15) is 11.4 Å². The zero-order chi connectivity index (χ0) is 15.6. The molecule has 1 N–H and O–H groups in total. The minimum absolute atomic E-state index is 0.159. The van der Waals surface area contributed by atoms with Gasteiger partial charge in [0, 0.05) is 11.4 Å². The van der Waals surface area contributed by atoms with E-state index in [0.29, 0.717) is 21.5 Å². The Morgan fingerprint density at radius 3 is 2.57 bits per heavy atom. The normalized spacial score (nSPS) is 10.5. The van der Waals surface area contributed by atoms with Crippen molar-refractivity contribution in [2.24, 2.45) is 0 Å². The summed E-state index contributed by atoms with van der Waals surface area (Å²) in [5, 5.41) is 2.60. The molecular formula is C14H13BrFN3O2. The van der Waals surface area contributed by atoms with Crippen LogP contribution in [0.3, 0.4) is 0 Å². The zero-order valence-corrected chi connectivity index (χ0v) is 13.1. The molecule has 2 aromatic rings. The molecule has 2 rings (SSSR count). The van der Waals surface area contributed by atoms with Crippen LogP contribution in [0.25, 0.3) is 0 Å². The van der Waals surface area contributed by atoms with Crippen LogP contribution in [0.5, 0.6) is 0 Å². The molecule has 0 fully saturated rings. The van der Waals surface area contributed by atoms with Gasteiger partial charge in [0.05, 0.1) is 10.2 Å². The molecule has 0 saturated heterocycles. The smallest absolute Gasteiger partial charge is 0.325 e. The van der Waals surface area contributed by atoms with Crippen molar-refractivity contribution < 1.29 is 9.18 Å². The second kappa shape index (κ2) is 6.17. The van der Waals surface area contributed by atoms with Crippen LogP contribution in [0.4, 0.5) is 10.1 Å². The Kier molecular flexibility index (Phi) is 4.52. The van der Waals surface area contributed by atoms with Gasteiger partial charge in [-0.05, 0) is 54.0 Å². The van der Waals surface area contributed by atoms with Crippen LogP contribution in [0.15, 0.2) is 33.5 Å². The third-order valence-corrected chi connectivity index (χ3v) is 4.11. The van der Waals surface area contributed by atoms with Gasteiger partial charge >= 0.3 is 5.69 Å². The Bertz CT molecular complexity index is 741. The highest BCUT2D eigenvalue weighted by Crippen LogP contribution is 2.16. The molecule has 21 heavy (non-hydrogen) atoms. The monoisotopic (exact) mass is 353 g/mol. The fourth-order valence-electron chi connectivity index (χ4n) is 1.84. The summed E-state index contributed by atoms with van der Waals surface area (Å²) in [6.45, 7) is 3.28. The van der Waals surface area contributed by atoms with Gasteiger partial charge in [-0.1, -0.05) is 0 Å². The van der Waals surface area contributed by atoms with E-state index < -0.39 is 5.69 Å². The molecule has 0 aliphatic carbocycles. The summed E-state index contributed by atoms with van der Waals surface area (Å²) in [5.74, 6) is -0.768. The summed E-state index contributed by atoms with van der Waals surface area (Å²) < 4.78 is 14.8. The molecule has 110 valence electrons. The maximum Gasteiger partial charge on any atom is 0.348 e. The Hall–Kier alpha value is -2.02. The lowest BCUT2D eigenvalue weighted by atomic mass is 10.3. The lowest BCUT2D eigenvalue weighted by Gasteiger charge is -2.12. The van der Waals surface area contributed by atoms with Crippen molar-refractivity contribution in [2.45, 2.75) is 20.4 Å².